The Labute approximate surface area is 123 Å². The third-order valence-electron chi connectivity index (χ3n) is 3.96. The van der Waals surface area contributed by atoms with Gasteiger partial charge in [-0.2, -0.15) is 0 Å². The normalized spacial score (nSPS) is 19.1. The molecule has 104 valence electrons. The van der Waals surface area contributed by atoms with E-state index >= 15 is 0 Å². The van der Waals surface area contributed by atoms with E-state index in [0.717, 1.165) is 30.4 Å². The fourth-order valence-electron chi connectivity index (χ4n) is 2.67. The van der Waals surface area contributed by atoms with Crippen molar-refractivity contribution in [1.29, 1.82) is 0 Å². The van der Waals surface area contributed by atoms with E-state index in [9.17, 15) is 4.79 Å². The van der Waals surface area contributed by atoms with E-state index in [0.29, 0.717) is 5.92 Å². The summed E-state index contributed by atoms with van der Waals surface area (Å²) in [6, 6.07) is 8.44. The van der Waals surface area contributed by atoms with Gasteiger partial charge in [0.05, 0.1) is 7.11 Å². The van der Waals surface area contributed by atoms with E-state index in [1.54, 1.807) is 0 Å². The van der Waals surface area contributed by atoms with Gasteiger partial charge in [0.1, 0.15) is 6.04 Å². The highest BCUT2D eigenvalue weighted by atomic mass is 79.9. The van der Waals surface area contributed by atoms with Crippen LogP contribution in [0.1, 0.15) is 31.2 Å². The third-order valence-corrected chi connectivity index (χ3v) is 4.49. The van der Waals surface area contributed by atoms with Gasteiger partial charge in [-0.1, -0.05) is 28.1 Å². The molecular formula is C15H20BrNO2. The highest BCUT2D eigenvalue weighted by Gasteiger charge is 2.27. The SMILES string of the molecule is COC(=O)C(C)N1CCC(c2ccc(Br)cc2)CC1. The minimum Gasteiger partial charge on any atom is -0.468 e. The number of piperidine rings is 1. The van der Waals surface area contributed by atoms with Gasteiger partial charge < -0.3 is 4.74 Å². The average molecular weight is 326 g/mol. The van der Waals surface area contributed by atoms with Crippen LogP contribution in [0.25, 0.3) is 0 Å². The minimum absolute atomic E-state index is 0.129. The summed E-state index contributed by atoms with van der Waals surface area (Å²) in [6.07, 6.45) is 2.20. The van der Waals surface area contributed by atoms with Crippen LogP contribution < -0.4 is 0 Å². The molecule has 1 aromatic carbocycles. The zero-order valence-corrected chi connectivity index (χ0v) is 13.0. The molecule has 4 heteroatoms. The van der Waals surface area contributed by atoms with Crippen LogP contribution in [-0.2, 0) is 9.53 Å². The second-order valence-electron chi connectivity index (χ2n) is 5.06. The summed E-state index contributed by atoms with van der Waals surface area (Å²) in [5.41, 5.74) is 1.40. The molecule has 0 aromatic heterocycles. The van der Waals surface area contributed by atoms with E-state index in [2.05, 4.69) is 45.1 Å². The largest absolute Gasteiger partial charge is 0.468 e. The molecule has 1 fully saturated rings. The quantitative estimate of drug-likeness (QED) is 0.799. The van der Waals surface area contributed by atoms with Crippen molar-refractivity contribution in [1.82, 2.24) is 4.90 Å². The Balaban J connectivity index is 1.92. The van der Waals surface area contributed by atoms with Crippen molar-refractivity contribution in [3.05, 3.63) is 34.3 Å². The van der Waals surface area contributed by atoms with Gasteiger partial charge in [0.15, 0.2) is 0 Å². The Kier molecular flexibility index (Phi) is 4.99. The van der Waals surface area contributed by atoms with E-state index in [4.69, 9.17) is 4.74 Å². The Morgan fingerprint density at radius 1 is 1.32 bits per heavy atom. The number of carbonyl (C=O) groups is 1. The van der Waals surface area contributed by atoms with Crippen LogP contribution in [-0.4, -0.2) is 37.1 Å². The van der Waals surface area contributed by atoms with Crippen LogP contribution in [0, 0.1) is 0 Å². The maximum atomic E-state index is 11.5. The smallest absolute Gasteiger partial charge is 0.322 e. The molecule has 1 aromatic rings. The molecule has 1 aliphatic rings. The molecule has 0 spiro atoms. The first-order valence-electron chi connectivity index (χ1n) is 6.69. The zero-order chi connectivity index (χ0) is 13.8. The molecule has 3 nitrogen and oxygen atoms in total. The van der Waals surface area contributed by atoms with Crippen molar-refractivity contribution < 1.29 is 9.53 Å². The fourth-order valence-corrected chi connectivity index (χ4v) is 2.94. The number of esters is 1. The molecule has 0 N–H and O–H groups in total. The first-order chi connectivity index (χ1) is 9.11. The molecule has 1 atom stereocenters. The monoisotopic (exact) mass is 325 g/mol. The number of carbonyl (C=O) groups excluding carboxylic acids is 1. The minimum atomic E-state index is -0.137. The lowest BCUT2D eigenvalue weighted by Gasteiger charge is -2.34. The van der Waals surface area contributed by atoms with Crippen molar-refractivity contribution >= 4 is 21.9 Å². The first kappa shape index (κ1) is 14.5. The number of nitrogens with zero attached hydrogens (tertiary/aromatic N) is 1. The molecule has 1 saturated heterocycles. The van der Waals surface area contributed by atoms with Crippen molar-refractivity contribution in [2.45, 2.75) is 31.7 Å². The predicted molar refractivity (Wildman–Crippen MR) is 79.2 cm³/mol. The number of hydrogen-bond donors (Lipinski definition) is 0. The lowest BCUT2D eigenvalue weighted by Crippen LogP contribution is -2.44. The second-order valence-corrected chi connectivity index (χ2v) is 5.98. The summed E-state index contributed by atoms with van der Waals surface area (Å²) in [7, 11) is 1.45. The number of methoxy groups -OCH3 is 1. The molecule has 0 bridgehead atoms. The summed E-state index contributed by atoms with van der Waals surface area (Å²) in [4.78, 5) is 13.7. The van der Waals surface area contributed by atoms with Gasteiger partial charge in [0, 0.05) is 4.47 Å². The van der Waals surface area contributed by atoms with Gasteiger partial charge in [-0.25, -0.2) is 0 Å². The van der Waals surface area contributed by atoms with Gasteiger partial charge in [-0.05, 0) is 56.5 Å². The second kappa shape index (κ2) is 6.53. The van der Waals surface area contributed by atoms with Crippen LogP contribution in [0.5, 0.6) is 0 Å². The molecule has 1 unspecified atom stereocenters. The van der Waals surface area contributed by atoms with E-state index in [1.807, 2.05) is 6.92 Å². The maximum absolute atomic E-state index is 11.5. The van der Waals surface area contributed by atoms with Crippen molar-refractivity contribution in [3.8, 4) is 0 Å². The lowest BCUT2D eigenvalue weighted by molar-refractivity contribution is -0.146. The fraction of sp³-hybridized carbons (Fsp3) is 0.533. The molecule has 0 amide bonds. The summed E-state index contributed by atoms with van der Waals surface area (Å²) in [5.74, 6) is 0.469. The van der Waals surface area contributed by atoms with Gasteiger partial charge in [0.25, 0.3) is 0 Å². The summed E-state index contributed by atoms with van der Waals surface area (Å²) >= 11 is 3.46. The summed E-state index contributed by atoms with van der Waals surface area (Å²) in [6.45, 7) is 3.83. The maximum Gasteiger partial charge on any atom is 0.322 e. The zero-order valence-electron chi connectivity index (χ0n) is 11.4. The number of rotatable bonds is 3. The number of halogens is 1. The number of hydrogen-bond acceptors (Lipinski definition) is 3. The molecule has 0 saturated carbocycles. The van der Waals surface area contributed by atoms with Crippen LogP contribution >= 0.6 is 15.9 Å². The van der Waals surface area contributed by atoms with Crippen LogP contribution in [0.15, 0.2) is 28.7 Å². The Morgan fingerprint density at radius 2 is 1.89 bits per heavy atom. The van der Waals surface area contributed by atoms with E-state index in [-0.39, 0.29) is 12.0 Å². The number of likely N-dealkylation sites (tertiary alicyclic amines) is 1. The third kappa shape index (κ3) is 3.57. The Bertz CT molecular complexity index is 424. The summed E-state index contributed by atoms with van der Waals surface area (Å²) < 4.78 is 5.92. The molecule has 0 radical (unpaired) electrons. The Morgan fingerprint density at radius 3 is 2.42 bits per heavy atom. The molecular weight excluding hydrogens is 306 g/mol. The van der Waals surface area contributed by atoms with Crippen LogP contribution in [0.4, 0.5) is 0 Å². The van der Waals surface area contributed by atoms with Crippen molar-refractivity contribution in [2.24, 2.45) is 0 Å². The van der Waals surface area contributed by atoms with Gasteiger partial charge in [0.2, 0.25) is 0 Å². The highest BCUT2D eigenvalue weighted by Crippen LogP contribution is 2.29. The lowest BCUT2D eigenvalue weighted by atomic mass is 9.89. The molecule has 2 rings (SSSR count). The molecule has 19 heavy (non-hydrogen) atoms. The van der Waals surface area contributed by atoms with Crippen molar-refractivity contribution in [2.75, 3.05) is 20.2 Å². The number of ether oxygens (including phenoxy) is 1. The molecule has 0 aliphatic carbocycles. The highest BCUT2D eigenvalue weighted by molar-refractivity contribution is 9.10. The van der Waals surface area contributed by atoms with Crippen LogP contribution in [0.2, 0.25) is 0 Å². The van der Waals surface area contributed by atoms with E-state index < -0.39 is 0 Å². The van der Waals surface area contributed by atoms with Gasteiger partial charge >= 0.3 is 5.97 Å². The molecule has 1 aliphatic heterocycles. The Hall–Kier alpha value is -0.870. The average Bonchev–Trinajstić information content (AvgIpc) is 2.46. The summed E-state index contributed by atoms with van der Waals surface area (Å²) in [5, 5.41) is 0. The van der Waals surface area contributed by atoms with Gasteiger partial charge in [-0.3, -0.25) is 9.69 Å². The number of benzene rings is 1. The first-order valence-corrected chi connectivity index (χ1v) is 7.48. The van der Waals surface area contributed by atoms with Gasteiger partial charge in [-0.15, -0.1) is 0 Å². The topological polar surface area (TPSA) is 29.5 Å². The van der Waals surface area contributed by atoms with E-state index in [1.165, 1.54) is 12.7 Å². The van der Waals surface area contributed by atoms with Crippen molar-refractivity contribution in [3.63, 3.8) is 0 Å². The predicted octanol–water partition coefficient (Wildman–Crippen LogP) is 3.19. The van der Waals surface area contributed by atoms with Crippen LogP contribution in [0.3, 0.4) is 0 Å². The molecule has 1 heterocycles. The standard InChI is InChI=1S/C15H20BrNO2/c1-11(15(18)19-2)17-9-7-13(8-10-17)12-3-5-14(16)6-4-12/h3-6,11,13H,7-10H2,1-2H3.